The van der Waals surface area contributed by atoms with Gasteiger partial charge in [0.25, 0.3) is 0 Å². The molecule has 1 saturated carbocycles. The Labute approximate surface area is 114 Å². The predicted octanol–water partition coefficient (Wildman–Crippen LogP) is 3.76. The van der Waals surface area contributed by atoms with E-state index < -0.39 is 0 Å². The molecular weight excluding hydrogens is 240 g/mol. The summed E-state index contributed by atoms with van der Waals surface area (Å²) < 4.78 is 5.52. The minimum absolute atomic E-state index is 0.0617. The third-order valence-corrected chi connectivity index (χ3v) is 3.74. The minimum atomic E-state index is -0.0705. The molecule has 2 unspecified atom stereocenters. The van der Waals surface area contributed by atoms with Crippen LogP contribution in [0.15, 0.2) is 24.3 Å². The van der Waals surface area contributed by atoms with E-state index in [1.807, 2.05) is 19.1 Å². The summed E-state index contributed by atoms with van der Waals surface area (Å²) in [5, 5.41) is 9.32. The van der Waals surface area contributed by atoms with Crippen LogP contribution in [0.1, 0.15) is 56.9 Å². The van der Waals surface area contributed by atoms with E-state index in [4.69, 9.17) is 4.74 Å². The van der Waals surface area contributed by atoms with Crippen molar-refractivity contribution in [2.45, 2.75) is 57.5 Å². The van der Waals surface area contributed by atoms with Gasteiger partial charge >= 0.3 is 5.97 Å². The summed E-state index contributed by atoms with van der Waals surface area (Å²) in [7, 11) is 0. The number of aromatic hydroxyl groups is 1. The highest BCUT2D eigenvalue weighted by Gasteiger charge is 2.25. The van der Waals surface area contributed by atoms with Gasteiger partial charge in [-0.2, -0.15) is 0 Å². The summed E-state index contributed by atoms with van der Waals surface area (Å²) in [6.07, 6.45) is 5.52. The Morgan fingerprint density at radius 1 is 1.32 bits per heavy atom. The van der Waals surface area contributed by atoms with E-state index in [0.29, 0.717) is 18.1 Å². The van der Waals surface area contributed by atoms with Crippen LogP contribution in [-0.4, -0.2) is 17.2 Å². The number of rotatable bonds is 4. The number of hydrogen-bond donors (Lipinski definition) is 1. The average molecular weight is 262 g/mol. The molecule has 0 spiro atoms. The van der Waals surface area contributed by atoms with Crippen molar-refractivity contribution < 1.29 is 14.6 Å². The number of benzene rings is 1. The lowest BCUT2D eigenvalue weighted by molar-refractivity contribution is -0.150. The molecule has 2 atom stereocenters. The molecule has 0 bridgehead atoms. The van der Waals surface area contributed by atoms with Crippen LogP contribution in [-0.2, 0) is 9.53 Å². The highest BCUT2D eigenvalue weighted by atomic mass is 16.5. The Kier molecular flexibility index (Phi) is 4.83. The van der Waals surface area contributed by atoms with Gasteiger partial charge in [-0.3, -0.25) is 4.79 Å². The standard InChI is InChI=1S/C16H22O3/c1-2-4-16(18)19-15-6-3-5-13(11-15)12-7-9-14(17)10-8-12/h7-10,13,15,17H,2-6,11H2,1H3. The molecule has 1 N–H and O–H groups in total. The van der Waals surface area contributed by atoms with E-state index in [-0.39, 0.29) is 12.1 Å². The van der Waals surface area contributed by atoms with Crippen molar-refractivity contribution >= 4 is 5.97 Å². The van der Waals surface area contributed by atoms with Crippen LogP contribution in [0, 0.1) is 0 Å². The van der Waals surface area contributed by atoms with Gasteiger partial charge in [0.05, 0.1) is 0 Å². The monoisotopic (exact) mass is 262 g/mol. The smallest absolute Gasteiger partial charge is 0.306 e. The number of phenols is 1. The Bertz CT molecular complexity index is 411. The van der Waals surface area contributed by atoms with E-state index >= 15 is 0 Å². The number of esters is 1. The topological polar surface area (TPSA) is 46.5 Å². The van der Waals surface area contributed by atoms with Crippen molar-refractivity contribution in [2.24, 2.45) is 0 Å². The number of carbonyl (C=O) groups excluding carboxylic acids is 1. The van der Waals surface area contributed by atoms with Crippen LogP contribution in [0.5, 0.6) is 5.75 Å². The quantitative estimate of drug-likeness (QED) is 0.840. The van der Waals surface area contributed by atoms with Crippen LogP contribution in [0.25, 0.3) is 0 Å². The predicted molar refractivity (Wildman–Crippen MR) is 74.1 cm³/mol. The number of phenolic OH excluding ortho intramolecular Hbond substituents is 1. The average Bonchev–Trinajstić information content (AvgIpc) is 2.40. The summed E-state index contributed by atoms with van der Waals surface area (Å²) in [5.41, 5.74) is 1.23. The van der Waals surface area contributed by atoms with E-state index in [2.05, 4.69) is 0 Å². The molecule has 1 aliphatic rings. The van der Waals surface area contributed by atoms with Crippen molar-refractivity contribution in [3.05, 3.63) is 29.8 Å². The van der Waals surface area contributed by atoms with Gasteiger partial charge in [0.15, 0.2) is 0 Å². The third kappa shape index (κ3) is 3.98. The molecule has 1 aromatic carbocycles. The van der Waals surface area contributed by atoms with Crippen molar-refractivity contribution in [3.8, 4) is 5.75 Å². The van der Waals surface area contributed by atoms with Crippen LogP contribution in [0.3, 0.4) is 0 Å². The largest absolute Gasteiger partial charge is 0.508 e. The molecule has 0 amide bonds. The second-order valence-electron chi connectivity index (χ2n) is 5.32. The van der Waals surface area contributed by atoms with Gasteiger partial charge in [-0.1, -0.05) is 19.1 Å². The second-order valence-corrected chi connectivity index (χ2v) is 5.32. The molecule has 0 aromatic heterocycles. The molecule has 0 radical (unpaired) electrons. The molecule has 1 aliphatic carbocycles. The van der Waals surface area contributed by atoms with Gasteiger partial charge in [0.1, 0.15) is 11.9 Å². The first-order chi connectivity index (χ1) is 9.19. The number of hydrogen-bond acceptors (Lipinski definition) is 3. The normalized spacial score (nSPS) is 23.0. The van der Waals surface area contributed by atoms with Gasteiger partial charge < -0.3 is 9.84 Å². The maximum Gasteiger partial charge on any atom is 0.306 e. The van der Waals surface area contributed by atoms with Crippen molar-refractivity contribution in [2.75, 3.05) is 0 Å². The van der Waals surface area contributed by atoms with Crippen LogP contribution >= 0.6 is 0 Å². The molecule has 1 aromatic rings. The number of ether oxygens (including phenoxy) is 1. The molecule has 0 saturated heterocycles. The zero-order chi connectivity index (χ0) is 13.7. The lowest BCUT2D eigenvalue weighted by Gasteiger charge is -2.29. The maximum atomic E-state index is 11.5. The Morgan fingerprint density at radius 2 is 2.05 bits per heavy atom. The molecule has 104 valence electrons. The first kappa shape index (κ1) is 13.9. The fourth-order valence-electron chi connectivity index (χ4n) is 2.75. The van der Waals surface area contributed by atoms with Gasteiger partial charge in [-0.25, -0.2) is 0 Å². The molecule has 19 heavy (non-hydrogen) atoms. The van der Waals surface area contributed by atoms with Crippen molar-refractivity contribution in [3.63, 3.8) is 0 Å². The zero-order valence-electron chi connectivity index (χ0n) is 11.5. The van der Waals surface area contributed by atoms with Crippen LogP contribution < -0.4 is 0 Å². The van der Waals surface area contributed by atoms with E-state index in [1.54, 1.807) is 12.1 Å². The molecular formula is C16H22O3. The van der Waals surface area contributed by atoms with Crippen molar-refractivity contribution in [1.82, 2.24) is 0 Å². The summed E-state index contributed by atoms with van der Waals surface area (Å²) in [5.74, 6) is 0.665. The Morgan fingerprint density at radius 3 is 2.74 bits per heavy atom. The Balaban J connectivity index is 1.93. The van der Waals surface area contributed by atoms with Crippen LogP contribution in [0.4, 0.5) is 0 Å². The SMILES string of the molecule is CCCC(=O)OC1CCCC(c2ccc(O)cc2)C1. The summed E-state index contributed by atoms with van der Waals surface area (Å²) >= 11 is 0. The van der Waals surface area contributed by atoms with Crippen LogP contribution in [0.2, 0.25) is 0 Å². The molecule has 2 rings (SSSR count). The first-order valence-corrected chi connectivity index (χ1v) is 7.17. The fourth-order valence-corrected chi connectivity index (χ4v) is 2.75. The first-order valence-electron chi connectivity index (χ1n) is 7.17. The summed E-state index contributed by atoms with van der Waals surface area (Å²) in [6.45, 7) is 1.99. The summed E-state index contributed by atoms with van der Waals surface area (Å²) in [4.78, 5) is 11.5. The highest BCUT2D eigenvalue weighted by molar-refractivity contribution is 5.69. The van der Waals surface area contributed by atoms with Gasteiger partial charge in [-0.05, 0) is 55.7 Å². The molecule has 0 heterocycles. The van der Waals surface area contributed by atoms with Gasteiger partial charge in [0.2, 0.25) is 0 Å². The zero-order valence-corrected chi connectivity index (χ0v) is 11.5. The van der Waals surface area contributed by atoms with E-state index in [1.165, 1.54) is 5.56 Å². The molecule has 3 heteroatoms. The highest BCUT2D eigenvalue weighted by Crippen LogP contribution is 2.34. The van der Waals surface area contributed by atoms with Gasteiger partial charge in [-0.15, -0.1) is 0 Å². The number of carbonyl (C=O) groups is 1. The summed E-state index contributed by atoms with van der Waals surface area (Å²) in [6, 6.07) is 7.39. The van der Waals surface area contributed by atoms with Crippen molar-refractivity contribution in [1.29, 1.82) is 0 Å². The molecule has 3 nitrogen and oxygen atoms in total. The lowest BCUT2D eigenvalue weighted by Crippen LogP contribution is -2.24. The minimum Gasteiger partial charge on any atom is -0.508 e. The maximum absolute atomic E-state index is 11.5. The third-order valence-electron chi connectivity index (χ3n) is 3.74. The lowest BCUT2D eigenvalue weighted by atomic mass is 9.82. The molecule has 1 fully saturated rings. The Hall–Kier alpha value is -1.51. The fraction of sp³-hybridized carbons (Fsp3) is 0.562. The molecule has 0 aliphatic heterocycles. The van der Waals surface area contributed by atoms with E-state index in [9.17, 15) is 9.90 Å². The second kappa shape index (κ2) is 6.60. The van der Waals surface area contributed by atoms with E-state index in [0.717, 1.165) is 32.1 Å². The van der Waals surface area contributed by atoms with Gasteiger partial charge in [0, 0.05) is 6.42 Å².